The topological polar surface area (TPSA) is 71.5 Å². The number of amides is 1. The summed E-state index contributed by atoms with van der Waals surface area (Å²) in [5.74, 6) is -0.0851. The molecule has 0 unspecified atom stereocenters. The maximum Gasteiger partial charge on any atom is 0.261 e. The number of piperidine rings is 1. The van der Waals surface area contributed by atoms with Crippen molar-refractivity contribution in [3.63, 3.8) is 0 Å². The Kier molecular flexibility index (Phi) is 9.62. The number of nitrogens with one attached hydrogen (secondary N) is 1. The largest absolute Gasteiger partial charge is 0.353 e. The molecule has 2 heterocycles. The molecule has 1 aliphatic heterocycles. The van der Waals surface area contributed by atoms with E-state index < -0.39 is 7.37 Å². The Balaban J connectivity index is 1.18. The third kappa shape index (κ3) is 7.47. The molecule has 0 aliphatic carbocycles. The van der Waals surface area contributed by atoms with Crippen LogP contribution in [0.3, 0.4) is 0 Å². The van der Waals surface area contributed by atoms with Gasteiger partial charge >= 0.3 is 0 Å². The predicted octanol–water partition coefficient (Wildman–Crippen LogP) is 4.40. The minimum atomic E-state index is -3.15. The van der Waals surface area contributed by atoms with Crippen molar-refractivity contribution in [1.82, 2.24) is 15.2 Å². The van der Waals surface area contributed by atoms with Crippen molar-refractivity contribution in [3.05, 3.63) is 96.8 Å². The summed E-state index contributed by atoms with van der Waals surface area (Å²) in [7, 11) is -3.15. The van der Waals surface area contributed by atoms with Gasteiger partial charge in [0.15, 0.2) is 0 Å². The van der Waals surface area contributed by atoms with Gasteiger partial charge in [0.1, 0.15) is 0 Å². The summed E-state index contributed by atoms with van der Waals surface area (Å²) < 4.78 is 20.5. The molecular formula is C29H34N3O3P. The first-order valence-electron chi connectivity index (χ1n) is 12.6. The molecule has 0 spiro atoms. The molecule has 0 radical (unpaired) electrons. The van der Waals surface area contributed by atoms with E-state index in [4.69, 9.17) is 4.52 Å². The fourth-order valence-corrected chi connectivity index (χ4v) is 6.65. The predicted molar refractivity (Wildman–Crippen MR) is 146 cm³/mol. The van der Waals surface area contributed by atoms with Crippen molar-refractivity contribution in [2.45, 2.75) is 31.8 Å². The quantitative estimate of drug-likeness (QED) is 0.239. The molecule has 3 aromatic rings. The molecule has 1 aliphatic rings. The fourth-order valence-electron chi connectivity index (χ4n) is 4.34. The van der Waals surface area contributed by atoms with E-state index in [2.05, 4.69) is 15.2 Å². The minimum Gasteiger partial charge on any atom is -0.353 e. The molecule has 0 saturated carbocycles. The molecule has 0 atom stereocenters. The summed E-state index contributed by atoms with van der Waals surface area (Å²) in [6.07, 6.45) is 10.4. The molecule has 4 rings (SSSR count). The van der Waals surface area contributed by atoms with Crippen LogP contribution in [-0.2, 0) is 13.9 Å². The number of likely N-dealkylation sites (tertiary alicyclic amines) is 1. The highest BCUT2D eigenvalue weighted by Crippen LogP contribution is 2.47. The molecule has 1 aromatic heterocycles. The number of carbonyl (C=O) groups is 1. The van der Waals surface area contributed by atoms with Crippen LogP contribution in [-0.4, -0.2) is 48.1 Å². The smallest absolute Gasteiger partial charge is 0.261 e. The van der Waals surface area contributed by atoms with Gasteiger partial charge < -0.3 is 14.7 Å². The van der Waals surface area contributed by atoms with Crippen LogP contribution in [0.4, 0.5) is 0 Å². The lowest BCUT2D eigenvalue weighted by Gasteiger charge is -2.34. The molecule has 0 bridgehead atoms. The number of hydrogen-bond donors (Lipinski definition) is 1. The molecular weight excluding hydrogens is 469 g/mol. The summed E-state index contributed by atoms with van der Waals surface area (Å²) >= 11 is 0. The summed E-state index contributed by atoms with van der Waals surface area (Å²) in [5, 5.41) is 4.43. The summed E-state index contributed by atoms with van der Waals surface area (Å²) in [5.41, 5.74) is 0.906. The average Bonchev–Trinajstić information content (AvgIpc) is 2.94. The molecule has 36 heavy (non-hydrogen) atoms. The SMILES string of the molecule is O=C(/C=C/c1cccnc1)NCCCCN1CCC(OP(=O)(c2ccccc2)c2ccccc2)CC1. The molecule has 1 saturated heterocycles. The first kappa shape index (κ1) is 26.0. The maximum atomic E-state index is 14.1. The second-order valence-electron chi connectivity index (χ2n) is 8.99. The Morgan fingerprint density at radius 2 is 1.64 bits per heavy atom. The van der Waals surface area contributed by atoms with E-state index in [1.165, 1.54) is 0 Å². The van der Waals surface area contributed by atoms with E-state index in [1.54, 1.807) is 24.5 Å². The Labute approximate surface area is 213 Å². The van der Waals surface area contributed by atoms with Gasteiger partial charge in [0.05, 0.1) is 6.10 Å². The Morgan fingerprint density at radius 3 is 2.25 bits per heavy atom. The third-order valence-corrected chi connectivity index (χ3v) is 8.89. The lowest BCUT2D eigenvalue weighted by Crippen LogP contribution is -2.38. The van der Waals surface area contributed by atoms with Crippen molar-refractivity contribution in [3.8, 4) is 0 Å². The van der Waals surface area contributed by atoms with Gasteiger partial charge in [-0.15, -0.1) is 0 Å². The van der Waals surface area contributed by atoms with Crippen LogP contribution in [0.5, 0.6) is 0 Å². The van der Waals surface area contributed by atoms with Gasteiger partial charge in [0.25, 0.3) is 7.37 Å². The van der Waals surface area contributed by atoms with Crippen molar-refractivity contribution in [1.29, 1.82) is 0 Å². The van der Waals surface area contributed by atoms with Gasteiger partial charge in [-0.05, 0) is 74.2 Å². The Bertz CT molecular complexity index is 1100. The van der Waals surface area contributed by atoms with Crippen LogP contribution >= 0.6 is 7.37 Å². The van der Waals surface area contributed by atoms with Gasteiger partial charge in [-0.2, -0.15) is 0 Å². The van der Waals surface area contributed by atoms with E-state index >= 15 is 0 Å². The van der Waals surface area contributed by atoms with Crippen molar-refractivity contribution in [2.75, 3.05) is 26.2 Å². The number of aromatic nitrogens is 1. The van der Waals surface area contributed by atoms with Crippen molar-refractivity contribution in [2.24, 2.45) is 0 Å². The second kappa shape index (κ2) is 13.3. The van der Waals surface area contributed by atoms with E-state index in [1.807, 2.05) is 72.8 Å². The van der Waals surface area contributed by atoms with Crippen LogP contribution in [0.25, 0.3) is 6.08 Å². The summed E-state index contributed by atoms with van der Waals surface area (Å²) in [6.45, 7) is 3.50. The molecule has 6 nitrogen and oxygen atoms in total. The first-order chi connectivity index (χ1) is 17.6. The van der Waals surface area contributed by atoms with Gasteiger partial charge in [-0.25, -0.2) is 0 Å². The van der Waals surface area contributed by atoms with Gasteiger partial charge in [-0.1, -0.05) is 42.5 Å². The highest BCUT2D eigenvalue weighted by molar-refractivity contribution is 7.74. The zero-order chi connectivity index (χ0) is 25.1. The standard InChI is InChI=1S/C29H34N3O3P/c33-29(16-15-25-10-9-19-30-24-25)31-20-7-8-21-32-22-17-26(18-23-32)35-36(34,27-11-3-1-4-12-27)28-13-5-2-6-14-28/h1-6,9-16,19,24,26H,7-8,17-18,20-23H2,(H,31,33)/b16-15+. The van der Waals surface area contributed by atoms with Crippen LogP contribution in [0, 0.1) is 0 Å². The zero-order valence-electron chi connectivity index (χ0n) is 20.5. The van der Waals surface area contributed by atoms with Crippen molar-refractivity contribution >= 4 is 30.0 Å². The van der Waals surface area contributed by atoms with Crippen LogP contribution < -0.4 is 15.9 Å². The normalized spacial score (nSPS) is 15.2. The molecule has 7 heteroatoms. The van der Waals surface area contributed by atoms with E-state index in [-0.39, 0.29) is 12.0 Å². The lowest BCUT2D eigenvalue weighted by molar-refractivity contribution is -0.116. The van der Waals surface area contributed by atoms with Gasteiger partial charge in [0.2, 0.25) is 5.91 Å². The number of nitrogens with zero attached hydrogens (tertiary/aromatic N) is 2. The second-order valence-corrected chi connectivity index (χ2v) is 11.3. The van der Waals surface area contributed by atoms with Crippen LogP contribution in [0.1, 0.15) is 31.2 Å². The zero-order valence-corrected chi connectivity index (χ0v) is 21.4. The average molecular weight is 504 g/mol. The lowest BCUT2D eigenvalue weighted by atomic mass is 10.1. The number of unbranched alkanes of at least 4 members (excludes halogenated alkanes) is 1. The Morgan fingerprint density at radius 1 is 0.972 bits per heavy atom. The number of benzene rings is 2. The molecule has 1 amide bonds. The highest BCUT2D eigenvalue weighted by atomic mass is 31.2. The summed E-state index contributed by atoms with van der Waals surface area (Å²) in [6, 6.07) is 22.9. The number of carbonyl (C=O) groups excluding carboxylic acids is 1. The number of pyridine rings is 1. The van der Waals surface area contributed by atoms with E-state index in [9.17, 15) is 9.36 Å². The highest BCUT2D eigenvalue weighted by Gasteiger charge is 2.33. The molecule has 1 fully saturated rings. The molecule has 2 aromatic carbocycles. The summed E-state index contributed by atoms with van der Waals surface area (Å²) in [4.78, 5) is 18.4. The molecule has 188 valence electrons. The van der Waals surface area contributed by atoms with Gasteiger partial charge in [-0.3, -0.25) is 14.3 Å². The van der Waals surface area contributed by atoms with Crippen LogP contribution in [0.15, 0.2) is 91.3 Å². The fraction of sp³-hybridized carbons (Fsp3) is 0.310. The van der Waals surface area contributed by atoms with E-state index in [0.717, 1.165) is 61.5 Å². The van der Waals surface area contributed by atoms with Crippen LogP contribution in [0.2, 0.25) is 0 Å². The van der Waals surface area contributed by atoms with Gasteiger partial charge in [0, 0.05) is 48.7 Å². The molecule has 1 N–H and O–H groups in total. The number of rotatable bonds is 11. The Hall–Kier alpha value is -3.05. The first-order valence-corrected chi connectivity index (χ1v) is 14.2. The maximum absolute atomic E-state index is 14.1. The minimum absolute atomic E-state index is 0.0293. The third-order valence-electron chi connectivity index (χ3n) is 6.34. The monoisotopic (exact) mass is 503 g/mol. The van der Waals surface area contributed by atoms with E-state index in [0.29, 0.717) is 6.54 Å². The number of hydrogen-bond acceptors (Lipinski definition) is 5. The van der Waals surface area contributed by atoms with Crippen molar-refractivity contribution < 1.29 is 13.9 Å².